The molecule has 75 heavy (non-hydrogen) atoms. The zero-order chi connectivity index (χ0) is 55.1. The van der Waals surface area contributed by atoms with Crippen molar-refractivity contribution in [2.24, 2.45) is 10.3 Å². The third kappa shape index (κ3) is 27.9. The van der Waals surface area contributed by atoms with Crippen LogP contribution in [0.15, 0.2) is 94.7 Å². The van der Waals surface area contributed by atoms with E-state index >= 15 is 0 Å². The van der Waals surface area contributed by atoms with Gasteiger partial charge in [0.05, 0.1) is 35.2 Å². The number of rotatable bonds is 33. The molecule has 4 aromatic carbocycles. The van der Waals surface area contributed by atoms with Crippen LogP contribution < -0.4 is 25.6 Å². The first-order valence-electron chi connectivity index (χ1n) is 25.9. The van der Waals surface area contributed by atoms with E-state index in [1.165, 1.54) is 18.2 Å². The zero-order valence-electron chi connectivity index (χ0n) is 44.1. The Bertz CT molecular complexity index is 2490. The number of phenols is 1. The Labute approximate surface area is 445 Å². The normalized spacial score (nSPS) is 13.8. The Morgan fingerprint density at radius 3 is 1.56 bits per heavy atom. The van der Waals surface area contributed by atoms with E-state index in [0.29, 0.717) is 44.0 Å². The van der Waals surface area contributed by atoms with E-state index in [1.54, 1.807) is 36.4 Å². The second-order valence-corrected chi connectivity index (χ2v) is 22.1. The summed E-state index contributed by atoms with van der Waals surface area (Å²) in [5, 5.41) is 63.9. The minimum absolute atomic E-state index is 0.0310. The SMILES string of the molecule is CC(=O)O.CC1(C)OCc2cc([C@@H](O)CNCCCCCCOCCCCc3cccc(S(N)(=O)=O)c3)ccc2O1.NS(=O)(=O)c1cccc(CCCCOCCCCCCNC[C@H](O)c2ccc(O)c(CO)c2)c1. The number of carboxylic acid groups (broad SMARTS) is 1. The van der Waals surface area contributed by atoms with Gasteiger partial charge in [-0.25, -0.2) is 27.1 Å². The Hall–Kier alpha value is -4.55. The molecule has 1 heterocycles. The molecule has 0 amide bonds. The molecule has 0 saturated carbocycles. The van der Waals surface area contributed by atoms with Crippen molar-refractivity contribution in [3.63, 3.8) is 0 Å². The summed E-state index contributed by atoms with van der Waals surface area (Å²) in [7, 11) is -7.31. The van der Waals surface area contributed by atoms with Gasteiger partial charge in [0.1, 0.15) is 11.5 Å². The number of benzene rings is 4. The van der Waals surface area contributed by atoms with E-state index in [-0.39, 0.29) is 22.1 Å². The van der Waals surface area contributed by atoms with Crippen molar-refractivity contribution in [2.75, 3.05) is 52.6 Å². The van der Waals surface area contributed by atoms with Crippen LogP contribution in [0.3, 0.4) is 0 Å². The number of hydrogen-bond donors (Lipinski definition) is 9. The van der Waals surface area contributed by atoms with Crippen LogP contribution in [-0.2, 0) is 65.1 Å². The second-order valence-electron chi connectivity index (χ2n) is 19.0. The number of sulfonamides is 2. The molecule has 0 fully saturated rings. The Balaban J connectivity index is 0.000000370. The highest BCUT2D eigenvalue weighted by Crippen LogP contribution is 2.33. The van der Waals surface area contributed by atoms with E-state index in [9.17, 15) is 37.3 Å². The molecule has 0 radical (unpaired) electrons. The van der Waals surface area contributed by atoms with Crippen LogP contribution >= 0.6 is 0 Å². The summed E-state index contributed by atoms with van der Waals surface area (Å²) in [4.78, 5) is 9.32. The average Bonchev–Trinajstić information content (AvgIpc) is 3.36. The van der Waals surface area contributed by atoms with Gasteiger partial charge in [-0.1, -0.05) is 62.1 Å². The summed E-state index contributed by atoms with van der Waals surface area (Å²) in [6.45, 7) is 10.6. The van der Waals surface area contributed by atoms with E-state index in [2.05, 4.69) is 10.6 Å². The topological polar surface area (TPSA) is 300 Å². The van der Waals surface area contributed by atoms with Crippen molar-refractivity contribution in [1.29, 1.82) is 0 Å². The molecule has 4 aromatic rings. The second kappa shape index (κ2) is 35.0. The zero-order valence-corrected chi connectivity index (χ0v) is 45.7. The Morgan fingerprint density at radius 2 is 1.09 bits per heavy atom. The number of unbranched alkanes of at least 4 members (excludes halogenated alkanes) is 8. The third-order valence-electron chi connectivity index (χ3n) is 12.0. The van der Waals surface area contributed by atoms with Crippen LogP contribution in [0.1, 0.15) is 143 Å². The van der Waals surface area contributed by atoms with Gasteiger partial charge in [-0.05, 0) is 148 Å². The molecule has 420 valence electrons. The number of aliphatic carboxylic acids is 1. The molecule has 0 aromatic heterocycles. The van der Waals surface area contributed by atoms with Crippen LogP contribution in [-0.4, -0.2) is 107 Å². The molecule has 0 saturated heterocycles. The van der Waals surface area contributed by atoms with Gasteiger partial charge < -0.3 is 55.1 Å². The third-order valence-corrected chi connectivity index (χ3v) is 13.8. The molecule has 0 aliphatic carbocycles. The van der Waals surface area contributed by atoms with Crippen molar-refractivity contribution in [1.82, 2.24) is 10.6 Å². The van der Waals surface area contributed by atoms with Crippen LogP contribution in [0, 0.1) is 0 Å². The first-order valence-corrected chi connectivity index (χ1v) is 29.0. The fraction of sp³-hybridized carbons (Fsp3) is 0.545. The van der Waals surface area contributed by atoms with Gasteiger partial charge in [0, 0.05) is 71.4 Å². The summed E-state index contributed by atoms with van der Waals surface area (Å²) < 4.78 is 68.6. The summed E-state index contributed by atoms with van der Waals surface area (Å²) in [6.07, 6.45) is 12.6. The van der Waals surface area contributed by atoms with Crippen LogP contribution in [0.2, 0.25) is 0 Å². The molecule has 18 nitrogen and oxygen atoms in total. The quantitative estimate of drug-likeness (QED) is 0.0216. The number of aliphatic hydroxyl groups excluding tert-OH is 3. The number of nitrogens with two attached hydrogens (primary N) is 2. The average molecular weight is 1090 g/mol. The van der Waals surface area contributed by atoms with E-state index in [1.807, 2.05) is 44.2 Å². The van der Waals surface area contributed by atoms with Gasteiger partial charge in [0.25, 0.3) is 5.97 Å². The fourth-order valence-corrected chi connectivity index (χ4v) is 9.03. The number of ether oxygens (including phenoxy) is 4. The molecule has 1 aliphatic rings. The van der Waals surface area contributed by atoms with Crippen molar-refractivity contribution in [3.05, 3.63) is 118 Å². The highest BCUT2D eigenvalue weighted by atomic mass is 32.2. The molecular formula is C55H84N4O14S2. The molecular weight excluding hydrogens is 1000 g/mol. The molecule has 0 unspecified atom stereocenters. The Morgan fingerprint density at radius 1 is 0.653 bits per heavy atom. The minimum atomic E-state index is -3.66. The number of aromatic hydroxyl groups is 1. The number of carbonyl (C=O) groups is 1. The lowest BCUT2D eigenvalue weighted by Gasteiger charge is -2.33. The van der Waals surface area contributed by atoms with E-state index < -0.39 is 44.0 Å². The molecule has 1 aliphatic heterocycles. The predicted octanol–water partition coefficient (Wildman–Crippen LogP) is 7.05. The summed E-state index contributed by atoms with van der Waals surface area (Å²) in [6, 6.07) is 24.1. The maximum absolute atomic E-state index is 11.4. The monoisotopic (exact) mass is 1090 g/mol. The van der Waals surface area contributed by atoms with Crippen molar-refractivity contribution < 1.29 is 66.1 Å². The number of fused-ring (bicyclic) bond motifs is 1. The summed E-state index contributed by atoms with van der Waals surface area (Å²) in [5.41, 5.74) is 4.85. The number of aliphatic hydroxyl groups is 3. The van der Waals surface area contributed by atoms with Crippen LogP contribution in [0.25, 0.3) is 0 Å². The molecule has 0 spiro atoms. The maximum atomic E-state index is 11.4. The first kappa shape index (κ1) is 64.7. The van der Waals surface area contributed by atoms with Crippen LogP contribution in [0.5, 0.6) is 11.5 Å². The van der Waals surface area contributed by atoms with E-state index in [0.717, 1.165) is 151 Å². The number of nitrogens with one attached hydrogen (secondary N) is 2. The van der Waals surface area contributed by atoms with Crippen molar-refractivity contribution in [3.8, 4) is 11.5 Å². The first-order chi connectivity index (χ1) is 35.7. The lowest BCUT2D eigenvalue weighted by molar-refractivity contribution is -0.180. The van der Waals surface area contributed by atoms with Crippen molar-refractivity contribution in [2.45, 2.75) is 152 Å². The van der Waals surface area contributed by atoms with Gasteiger partial charge in [0.2, 0.25) is 25.8 Å². The van der Waals surface area contributed by atoms with E-state index in [4.69, 9.17) is 39.1 Å². The summed E-state index contributed by atoms with van der Waals surface area (Å²) in [5.74, 6) is -0.601. The van der Waals surface area contributed by atoms with Gasteiger partial charge in [-0.15, -0.1) is 0 Å². The summed E-state index contributed by atoms with van der Waals surface area (Å²) >= 11 is 0. The number of carboxylic acids is 1. The molecule has 5 rings (SSSR count). The molecule has 11 N–H and O–H groups in total. The fourth-order valence-electron chi connectivity index (χ4n) is 7.86. The minimum Gasteiger partial charge on any atom is -0.508 e. The molecule has 20 heteroatoms. The lowest BCUT2D eigenvalue weighted by Crippen LogP contribution is -2.35. The molecule has 0 bridgehead atoms. The van der Waals surface area contributed by atoms with Gasteiger partial charge in [-0.3, -0.25) is 4.79 Å². The predicted molar refractivity (Wildman–Crippen MR) is 289 cm³/mol. The van der Waals surface area contributed by atoms with Crippen LogP contribution in [0.4, 0.5) is 0 Å². The van der Waals surface area contributed by atoms with Crippen molar-refractivity contribution >= 4 is 26.0 Å². The molecule has 2 atom stereocenters. The number of primary sulfonamides is 2. The smallest absolute Gasteiger partial charge is 0.300 e. The number of hydrogen-bond acceptors (Lipinski definition) is 15. The standard InChI is InChI=1S/C28H42N2O6S.C25H38N2O6S.C2H4O2/c1-28(2)35-21-24-19-23(13-14-27(24)36-28)26(31)20-30-15-6-3-4-7-16-34-17-8-5-10-22-11-9-12-25(18-22)37(29,32)33;26-34(31,32)23-10-7-9-20(16-23)8-3-6-15-33-14-5-2-1-4-13-27-18-25(30)21-11-12-24(29)22(17-21)19-28;1-2(3)4/h9,11-14,18-19,26,30-31H,3-8,10,15-17,20-21H2,1-2H3,(H2,29,32,33);7,9-12,16-17,25,27-30H,1-6,8,13-15,18-19H2,(H2,26,31,32);1H3,(H,3,4)/t26-;25-;/m00./s1. The lowest BCUT2D eigenvalue weighted by atomic mass is 10.0. The van der Waals surface area contributed by atoms with Gasteiger partial charge in [-0.2, -0.15) is 0 Å². The van der Waals surface area contributed by atoms with Gasteiger partial charge >= 0.3 is 0 Å². The highest BCUT2D eigenvalue weighted by molar-refractivity contribution is 7.89. The van der Waals surface area contributed by atoms with Gasteiger partial charge in [0.15, 0.2) is 0 Å². The largest absolute Gasteiger partial charge is 0.508 e. The Kier molecular flexibility index (Phi) is 30.2. The number of aryl methyl sites for hydroxylation is 2. The highest BCUT2D eigenvalue weighted by Gasteiger charge is 2.27. The maximum Gasteiger partial charge on any atom is 0.300 e.